The zero-order valence-electron chi connectivity index (χ0n) is 12.0. The molecule has 1 aromatic heterocycles. The second kappa shape index (κ2) is 6.73. The molecule has 1 aromatic carbocycles. The first-order valence-corrected chi connectivity index (χ1v) is 7.11. The molecule has 1 atom stereocenters. The average molecular weight is 291 g/mol. The molecule has 20 heavy (non-hydrogen) atoms. The van der Waals surface area contributed by atoms with Gasteiger partial charge in [-0.05, 0) is 49.7 Å². The van der Waals surface area contributed by atoms with Crippen LogP contribution in [0.3, 0.4) is 0 Å². The van der Waals surface area contributed by atoms with Gasteiger partial charge in [0.25, 0.3) is 0 Å². The van der Waals surface area contributed by atoms with E-state index in [9.17, 15) is 0 Å². The molecule has 1 N–H and O–H groups in total. The van der Waals surface area contributed by atoms with E-state index in [1.54, 1.807) is 6.20 Å². The number of aryl methyl sites for hydroxylation is 1. The molecule has 4 heteroatoms. The van der Waals surface area contributed by atoms with E-state index in [2.05, 4.69) is 24.1 Å². The van der Waals surface area contributed by atoms with E-state index in [0.29, 0.717) is 16.7 Å². The Morgan fingerprint density at radius 3 is 2.85 bits per heavy atom. The van der Waals surface area contributed by atoms with Crippen LogP contribution in [0.15, 0.2) is 36.5 Å². The molecule has 0 aliphatic heterocycles. The van der Waals surface area contributed by atoms with Crippen molar-refractivity contribution in [1.82, 2.24) is 10.3 Å². The van der Waals surface area contributed by atoms with Crippen molar-refractivity contribution in [2.24, 2.45) is 0 Å². The van der Waals surface area contributed by atoms with E-state index >= 15 is 0 Å². The van der Waals surface area contributed by atoms with Crippen LogP contribution in [0.1, 0.15) is 31.0 Å². The van der Waals surface area contributed by atoms with Crippen LogP contribution in [0.25, 0.3) is 0 Å². The van der Waals surface area contributed by atoms with Gasteiger partial charge in [0.1, 0.15) is 5.75 Å². The molecule has 1 unspecified atom stereocenters. The summed E-state index contributed by atoms with van der Waals surface area (Å²) in [5.41, 5.74) is 2.24. The number of ether oxygens (including phenoxy) is 1. The van der Waals surface area contributed by atoms with Crippen molar-refractivity contribution in [2.75, 3.05) is 6.54 Å². The molecular formula is C16H19ClN2O. The van der Waals surface area contributed by atoms with Crippen molar-refractivity contribution in [2.45, 2.75) is 26.8 Å². The van der Waals surface area contributed by atoms with Crippen molar-refractivity contribution in [3.8, 4) is 11.6 Å². The second-order valence-electron chi connectivity index (χ2n) is 4.74. The average Bonchev–Trinajstić information content (AvgIpc) is 2.43. The maximum atomic E-state index is 6.13. The summed E-state index contributed by atoms with van der Waals surface area (Å²) in [5, 5.41) is 3.95. The number of hydrogen-bond acceptors (Lipinski definition) is 3. The maximum absolute atomic E-state index is 6.13. The fourth-order valence-corrected chi connectivity index (χ4v) is 2.13. The molecule has 0 radical (unpaired) electrons. The molecular weight excluding hydrogens is 272 g/mol. The lowest BCUT2D eigenvalue weighted by Gasteiger charge is -2.14. The quantitative estimate of drug-likeness (QED) is 0.880. The molecule has 0 spiro atoms. The van der Waals surface area contributed by atoms with Crippen LogP contribution in [0, 0.1) is 6.92 Å². The van der Waals surface area contributed by atoms with Crippen LogP contribution >= 0.6 is 11.6 Å². The smallest absolute Gasteiger partial charge is 0.219 e. The zero-order valence-corrected chi connectivity index (χ0v) is 12.7. The number of hydrogen-bond donors (Lipinski definition) is 1. The van der Waals surface area contributed by atoms with Gasteiger partial charge in [-0.2, -0.15) is 0 Å². The van der Waals surface area contributed by atoms with E-state index in [4.69, 9.17) is 16.3 Å². The van der Waals surface area contributed by atoms with E-state index in [1.165, 1.54) is 0 Å². The van der Waals surface area contributed by atoms with Crippen LogP contribution < -0.4 is 10.1 Å². The van der Waals surface area contributed by atoms with Gasteiger partial charge < -0.3 is 10.1 Å². The summed E-state index contributed by atoms with van der Waals surface area (Å²) in [6.07, 6.45) is 1.75. The highest BCUT2D eigenvalue weighted by Crippen LogP contribution is 2.30. The summed E-state index contributed by atoms with van der Waals surface area (Å²) in [6.45, 7) is 7.12. The molecule has 0 aliphatic rings. The van der Waals surface area contributed by atoms with Gasteiger partial charge >= 0.3 is 0 Å². The fourth-order valence-electron chi connectivity index (χ4n) is 1.98. The normalized spacial score (nSPS) is 12.2. The van der Waals surface area contributed by atoms with Gasteiger partial charge in [-0.15, -0.1) is 0 Å². The Kier molecular flexibility index (Phi) is 4.99. The van der Waals surface area contributed by atoms with Crippen molar-refractivity contribution in [3.63, 3.8) is 0 Å². The van der Waals surface area contributed by atoms with Crippen LogP contribution in [0.4, 0.5) is 0 Å². The monoisotopic (exact) mass is 290 g/mol. The molecule has 3 nitrogen and oxygen atoms in total. The lowest BCUT2D eigenvalue weighted by Crippen LogP contribution is -2.17. The van der Waals surface area contributed by atoms with Crippen LogP contribution in [0.2, 0.25) is 5.02 Å². The Morgan fingerprint density at radius 2 is 2.10 bits per heavy atom. The highest BCUT2D eigenvalue weighted by Gasteiger charge is 2.08. The summed E-state index contributed by atoms with van der Waals surface area (Å²) in [6, 6.07) is 9.87. The number of aromatic nitrogens is 1. The third-order valence-corrected chi connectivity index (χ3v) is 3.38. The van der Waals surface area contributed by atoms with Crippen molar-refractivity contribution >= 4 is 11.6 Å². The Morgan fingerprint density at radius 1 is 1.30 bits per heavy atom. The predicted molar refractivity (Wildman–Crippen MR) is 82.6 cm³/mol. The highest BCUT2D eigenvalue weighted by molar-refractivity contribution is 6.32. The summed E-state index contributed by atoms with van der Waals surface area (Å²) in [7, 11) is 0. The van der Waals surface area contributed by atoms with Crippen LogP contribution in [-0.4, -0.2) is 11.5 Å². The zero-order chi connectivity index (χ0) is 14.5. The van der Waals surface area contributed by atoms with Gasteiger partial charge in [-0.1, -0.05) is 24.6 Å². The Labute approximate surface area is 124 Å². The first-order chi connectivity index (χ1) is 9.60. The van der Waals surface area contributed by atoms with E-state index in [1.807, 2.05) is 37.3 Å². The van der Waals surface area contributed by atoms with Gasteiger partial charge in [-0.3, -0.25) is 0 Å². The van der Waals surface area contributed by atoms with Crippen LogP contribution in [0.5, 0.6) is 11.6 Å². The predicted octanol–water partition coefficient (Wildman–Crippen LogP) is 4.51. The largest absolute Gasteiger partial charge is 0.437 e. The first kappa shape index (κ1) is 14.8. The van der Waals surface area contributed by atoms with Gasteiger partial charge in [0.2, 0.25) is 5.88 Å². The lowest BCUT2D eigenvalue weighted by atomic mass is 10.1. The number of rotatable bonds is 5. The molecule has 0 amide bonds. The summed E-state index contributed by atoms with van der Waals surface area (Å²) < 4.78 is 5.79. The molecule has 0 fully saturated rings. The number of nitrogens with one attached hydrogen (secondary N) is 1. The minimum absolute atomic E-state index is 0.262. The molecule has 0 saturated heterocycles. The first-order valence-electron chi connectivity index (χ1n) is 6.73. The number of nitrogens with zero attached hydrogens (tertiary/aromatic N) is 1. The third-order valence-electron chi connectivity index (χ3n) is 3.07. The summed E-state index contributed by atoms with van der Waals surface area (Å²) in [5.74, 6) is 1.19. The van der Waals surface area contributed by atoms with Crippen molar-refractivity contribution < 1.29 is 4.74 Å². The van der Waals surface area contributed by atoms with Crippen molar-refractivity contribution in [1.29, 1.82) is 0 Å². The van der Waals surface area contributed by atoms with Gasteiger partial charge in [0, 0.05) is 18.3 Å². The fraction of sp³-hybridized carbons (Fsp3) is 0.312. The molecule has 2 rings (SSSR count). The minimum atomic E-state index is 0.262. The second-order valence-corrected chi connectivity index (χ2v) is 5.15. The molecule has 0 aliphatic carbocycles. The summed E-state index contributed by atoms with van der Waals surface area (Å²) in [4.78, 5) is 4.24. The highest BCUT2D eigenvalue weighted by atomic mass is 35.5. The third kappa shape index (κ3) is 3.71. The molecule has 1 heterocycles. The van der Waals surface area contributed by atoms with E-state index in [-0.39, 0.29) is 6.04 Å². The molecule has 2 aromatic rings. The standard InChI is InChI=1S/C16H19ClN2O/c1-4-18-12(3)13-7-8-19-16(10-13)20-15-9-11(2)5-6-14(15)17/h5-10,12,18H,4H2,1-3H3. The molecule has 0 bridgehead atoms. The maximum Gasteiger partial charge on any atom is 0.219 e. The Bertz CT molecular complexity index is 586. The molecule has 0 saturated carbocycles. The van der Waals surface area contributed by atoms with E-state index in [0.717, 1.165) is 17.7 Å². The lowest BCUT2D eigenvalue weighted by molar-refractivity contribution is 0.460. The Hall–Kier alpha value is -1.58. The van der Waals surface area contributed by atoms with Crippen LogP contribution in [-0.2, 0) is 0 Å². The number of benzene rings is 1. The Balaban J connectivity index is 2.21. The van der Waals surface area contributed by atoms with Crippen molar-refractivity contribution in [3.05, 3.63) is 52.7 Å². The van der Waals surface area contributed by atoms with E-state index < -0.39 is 0 Å². The number of halogens is 1. The topological polar surface area (TPSA) is 34.2 Å². The van der Waals surface area contributed by atoms with Gasteiger partial charge in [0.15, 0.2) is 0 Å². The van der Waals surface area contributed by atoms with Gasteiger partial charge in [0.05, 0.1) is 5.02 Å². The summed E-state index contributed by atoms with van der Waals surface area (Å²) >= 11 is 6.13. The van der Waals surface area contributed by atoms with Gasteiger partial charge in [-0.25, -0.2) is 4.98 Å². The molecule has 106 valence electrons. The SMILES string of the molecule is CCNC(C)c1ccnc(Oc2cc(C)ccc2Cl)c1. The number of pyridine rings is 1. The minimum Gasteiger partial charge on any atom is -0.437 e.